The van der Waals surface area contributed by atoms with Crippen LogP contribution >= 0.6 is 0 Å². The van der Waals surface area contributed by atoms with Gasteiger partial charge in [-0.15, -0.1) is 0 Å². The highest BCUT2D eigenvalue weighted by Gasteiger charge is 2.23. The zero-order valence-electron chi connectivity index (χ0n) is 44.5. The third-order valence-electron chi connectivity index (χ3n) is 15.8. The van der Waals surface area contributed by atoms with Crippen LogP contribution in [0.1, 0.15) is 85.8 Å². The molecule has 374 valence electrons. The number of aryl methyl sites for hydroxylation is 4. The minimum Gasteiger partial charge on any atom is -0.356 e. The number of hydrogen-bond donors (Lipinski definition) is 1. The lowest BCUT2D eigenvalue weighted by Crippen LogP contribution is -1.95. The Morgan fingerprint density at radius 2 is 0.737 bits per heavy atom. The second-order valence-electron chi connectivity index (χ2n) is 21.1. The molecule has 0 atom stereocenters. The van der Waals surface area contributed by atoms with Crippen molar-refractivity contribution in [2.45, 2.75) is 85.5 Å². The van der Waals surface area contributed by atoms with Crippen LogP contribution in [-0.4, -0.2) is 9.13 Å². The summed E-state index contributed by atoms with van der Waals surface area (Å²) in [5.74, 6) is 0. The summed E-state index contributed by atoms with van der Waals surface area (Å²) < 4.78 is 4.97. The van der Waals surface area contributed by atoms with E-state index < -0.39 is 0 Å². The number of aromatic nitrogens is 2. The molecule has 1 N–H and O–H groups in total. The van der Waals surface area contributed by atoms with Crippen molar-refractivity contribution < 1.29 is 0 Å². The molecule has 0 saturated carbocycles. The van der Waals surface area contributed by atoms with Crippen molar-refractivity contribution in [3.05, 3.63) is 252 Å². The molecular formula is C73H67N3. The molecule has 0 bridgehead atoms. The maximum Gasteiger partial charge on any atom is 0.0547 e. The summed E-state index contributed by atoms with van der Waals surface area (Å²) in [6.07, 6.45) is 10.5. The lowest BCUT2D eigenvalue weighted by atomic mass is 9.87. The summed E-state index contributed by atoms with van der Waals surface area (Å²) in [6.45, 7) is 8.85. The summed E-state index contributed by atoms with van der Waals surface area (Å²) in [5.41, 5.74) is 24.5. The zero-order chi connectivity index (χ0) is 51.5. The highest BCUT2D eigenvalue weighted by atomic mass is 15.0. The topological polar surface area (TPSA) is 21.9 Å². The summed E-state index contributed by atoms with van der Waals surface area (Å²) in [7, 11) is 0. The van der Waals surface area contributed by atoms with Crippen molar-refractivity contribution >= 4 is 55.0 Å². The first-order chi connectivity index (χ1) is 37.4. The van der Waals surface area contributed by atoms with Crippen LogP contribution in [0, 0.1) is 13.8 Å². The van der Waals surface area contributed by atoms with Crippen LogP contribution in [-0.2, 0) is 19.3 Å². The van der Waals surface area contributed by atoms with Crippen LogP contribution in [0.3, 0.4) is 0 Å². The number of benzene rings is 10. The van der Waals surface area contributed by atoms with Crippen molar-refractivity contribution in [1.29, 1.82) is 0 Å². The highest BCUT2D eigenvalue weighted by Crippen LogP contribution is 2.47. The molecule has 0 aliphatic heterocycles. The van der Waals surface area contributed by atoms with Crippen LogP contribution in [0.2, 0.25) is 0 Å². The van der Waals surface area contributed by atoms with E-state index in [-0.39, 0.29) is 0 Å². The fourth-order valence-electron chi connectivity index (χ4n) is 11.8. The molecule has 3 heteroatoms. The molecule has 0 fully saturated rings. The average molecular weight is 986 g/mol. The molecule has 76 heavy (non-hydrogen) atoms. The Bertz CT molecular complexity index is 3740. The largest absolute Gasteiger partial charge is 0.356 e. The predicted molar refractivity (Wildman–Crippen MR) is 326 cm³/mol. The Morgan fingerprint density at radius 3 is 1.24 bits per heavy atom. The number of nitrogens with zero attached hydrogens (tertiary/aromatic N) is 2. The van der Waals surface area contributed by atoms with Gasteiger partial charge < -0.3 is 14.5 Å². The van der Waals surface area contributed by atoms with Gasteiger partial charge in [-0.1, -0.05) is 190 Å². The predicted octanol–water partition coefficient (Wildman–Crippen LogP) is 20.3. The van der Waals surface area contributed by atoms with E-state index in [1.165, 1.54) is 160 Å². The molecule has 0 aliphatic carbocycles. The van der Waals surface area contributed by atoms with E-state index in [4.69, 9.17) is 0 Å². The van der Waals surface area contributed by atoms with Gasteiger partial charge in [0.15, 0.2) is 0 Å². The Balaban J connectivity index is 1.03. The molecule has 2 heterocycles. The Morgan fingerprint density at radius 1 is 0.329 bits per heavy atom. The molecule has 12 aromatic rings. The van der Waals surface area contributed by atoms with Crippen molar-refractivity contribution in [3.8, 4) is 44.8 Å². The van der Waals surface area contributed by atoms with E-state index in [0.29, 0.717) is 0 Å². The smallest absolute Gasteiger partial charge is 0.0547 e. The first-order valence-electron chi connectivity index (χ1n) is 27.8. The Hall–Kier alpha value is -8.40. The first kappa shape index (κ1) is 48.5. The molecule has 0 spiro atoms. The summed E-state index contributed by atoms with van der Waals surface area (Å²) >= 11 is 0. The second kappa shape index (κ2) is 21.4. The van der Waals surface area contributed by atoms with Gasteiger partial charge in [-0.3, -0.25) is 0 Å². The van der Waals surface area contributed by atoms with E-state index in [0.717, 1.165) is 30.6 Å². The zero-order valence-corrected chi connectivity index (χ0v) is 44.5. The summed E-state index contributed by atoms with van der Waals surface area (Å²) in [5, 5.41) is 8.75. The van der Waals surface area contributed by atoms with Crippen LogP contribution in [0.15, 0.2) is 218 Å². The van der Waals surface area contributed by atoms with Gasteiger partial charge >= 0.3 is 0 Å². The maximum absolute atomic E-state index is 3.75. The van der Waals surface area contributed by atoms with Crippen molar-refractivity contribution in [1.82, 2.24) is 9.13 Å². The SMILES string of the molecule is CCCCCc1ccc(-n2c3ccc(Cc4ccc(C)cc4)cc3c3c(-c4ccccc4-c4ccccc4-c4cccc5c4c4cc(Nc6ccc(C)cc6)ccc4n5-c4ccc(CCCCC)cc4)cccc32)cc1. The minimum atomic E-state index is 0.872. The molecule has 10 aromatic carbocycles. The number of hydrogen-bond acceptors (Lipinski definition) is 1. The third kappa shape index (κ3) is 9.52. The molecule has 0 saturated heterocycles. The molecular weight excluding hydrogens is 919 g/mol. The van der Waals surface area contributed by atoms with Crippen molar-refractivity contribution in [2.75, 3.05) is 5.32 Å². The van der Waals surface area contributed by atoms with E-state index in [1.807, 2.05) is 0 Å². The van der Waals surface area contributed by atoms with Crippen LogP contribution in [0.4, 0.5) is 11.4 Å². The van der Waals surface area contributed by atoms with Crippen LogP contribution in [0.25, 0.3) is 88.4 Å². The van der Waals surface area contributed by atoms with Crippen molar-refractivity contribution in [3.63, 3.8) is 0 Å². The number of rotatable bonds is 17. The van der Waals surface area contributed by atoms with Gasteiger partial charge in [0.25, 0.3) is 0 Å². The van der Waals surface area contributed by atoms with E-state index >= 15 is 0 Å². The van der Waals surface area contributed by atoms with E-state index in [1.54, 1.807) is 0 Å². The summed E-state index contributed by atoms with van der Waals surface area (Å²) in [6, 6.07) is 82.4. The normalized spacial score (nSPS) is 11.6. The van der Waals surface area contributed by atoms with Gasteiger partial charge in [-0.2, -0.15) is 0 Å². The lowest BCUT2D eigenvalue weighted by Gasteiger charge is -2.17. The molecule has 0 amide bonds. The molecule has 0 aliphatic rings. The standard InChI is InChI=1S/C73H67N3/c1-5-7-9-17-52-33-41-58(42-34-52)75-68-45-37-55(47-54-31-27-50(3)28-32-54)48-66(68)72-64(23-15-25-70(72)75)62-21-13-11-19-60(62)61-20-12-14-22-63(61)65-24-16-26-71-73(65)67-49-57(74-56-38-29-51(4)30-39-56)40-46-69(67)76(71)59-43-35-53(36-44-59)18-10-8-6-2/h11-16,19-46,48-49,74H,5-10,17-18,47H2,1-4H3. The Kier molecular flexibility index (Phi) is 13.7. The number of nitrogens with one attached hydrogen (secondary N) is 1. The fraction of sp³-hybridized carbons (Fsp3) is 0.178. The molecule has 0 unspecified atom stereocenters. The third-order valence-corrected chi connectivity index (χ3v) is 15.8. The number of fused-ring (bicyclic) bond motifs is 6. The number of unbranched alkanes of at least 4 members (excludes halogenated alkanes) is 4. The van der Waals surface area contributed by atoms with Gasteiger partial charge in [0.2, 0.25) is 0 Å². The fourth-order valence-corrected chi connectivity index (χ4v) is 11.8. The van der Waals surface area contributed by atoms with Crippen LogP contribution in [0.5, 0.6) is 0 Å². The van der Waals surface area contributed by atoms with Gasteiger partial charge in [-0.05, 0) is 180 Å². The highest BCUT2D eigenvalue weighted by molar-refractivity contribution is 6.19. The molecule has 0 radical (unpaired) electrons. The van der Waals surface area contributed by atoms with E-state index in [9.17, 15) is 0 Å². The number of anilines is 2. The van der Waals surface area contributed by atoms with Gasteiger partial charge in [0.1, 0.15) is 0 Å². The van der Waals surface area contributed by atoms with E-state index in [2.05, 4.69) is 261 Å². The van der Waals surface area contributed by atoms with Crippen LogP contribution < -0.4 is 5.32 Å². The summed E-state index contributed by atoms with van der Waals surface area (Å²) in [4.78, 5) is 0. The lowest BCUT2D eigenvalue weighted by molar-refractivity contribution is 0.717. The van der Waals surface area contributed by atoms with Gasteiger partial charge in [0, 0.05) is 44.3 Å². The second-order valence-corrected chi connectivity index (χ2v) is 21.1. The quantitative estimate of drug-likeness (QED) is 0.0902. The minimum absolute atomic E-state index is 0.872. The molecule has 3 nitrogen and oxygen atoms in total. The van der Waals surface area contributed by atoms with Crippen molar-refractivity contribution in [2.24, 2.45) is 0 Å². The molecule has 12 rings (SSSR count). The van der Waals surface area contributed by atoms with Gasteiger partial charge in [-0.25, -0.2) is 0 Å². The Labute approximate surface area is 449 Å². The molecule has 2 aromatic heterocycles. The first-order valence-corrected chi connectivity index (χ1v) is 27.8. The average Bonchev–Trinajstić information content (AvgIpc) is 4.12. The monoisotopic (exact) mass is 986 g/mol. The van der Waals surface area contributed by atoms with Gasteiger partial charge in [0.05, 0.1) is 22.1 Å². The maximum atomic E-state index is 3.75.